The van der Waals surface area contributed by atoms with E-state index in [4.69, 9.17) is 11.6 Å². The molecule has 1 aliphatic rings. The molecule has 0 saturated heterocycles. The highest BCUT2D eigenvalue weighted by Gasteiger charge is 2.28. The molecule has 3 rings (SSSR count). The molecule has 3 N–H and O–H groups in total. The Bertz CT molecular complexity index is 958. The topological polar surface area (TPSA) is 99.5 Å². The molecule has 9 heteroatoms. The molecule has 0 bridgehead atoms. The zero-order chi connectivity index (χ0) is 21.7. The lowest BCUT2D eigenvalue weighted by Gasteiger charge is -2.22. The molecule has 0 aliphatic heterocycles. The van der Waals surface area contributed by atoms with Crippen molar-refractivity contribution in [3.63, 3.8) is 0 Å². The molecule has 1 amide bonds. The third kappa shape index (κ3) is 5.59. The molecular weight excluding hydrogens is 406 g/mol. The summed E-state index contributed by atoms with van der Waals surface area (Å²) in [6.45, 7) is 4.98. The molecule has 1 aromatic carbocycles. The number of aryl methyl sites for hydroxylation is 1. The molecule has 0 spiro atoms. The Balaban J connectivity index is 1.62. The van der Waals surface area contributed by atoms with E-state index in [-0.39, 0.29) is 12.2 Å². The largest absolute Gasteiger partial charge is 0.501 e. The summed E-state index contributed by atoms with van der Waals surface area (Å²) in [7, 11) is 1.91. The summed E-state index contributed by atoms with van der Waals surface area (Å²) in [5.74, 6) is -1.24. The van der Waals surface area contributed by atoms with Gasteiger partial charge in [-0.25, -0.2) is 4.98 Å². The molecule has 1 aliphatic carbocycles. The number of nitrogens with zero attached hydrogens (tertiary/aromatic N) is 3. The number of benzene rings is 1. The van der Waals surface area contributed by atoms with E-state index in [0.717, 1.165) is 24.2 Å². The second-order valence-corrected chi connectivity index (χ2v) is 7.98. The number of nitrogens with one attached hydrogen (secondary N) is 2. The van der Waals surface area contributed by atoms with Gasteiger partial charge >= 0.3 is 0 Å². The Labute approximate surface area is 180 Å². The third-order valence-electron chi connectivity index (χ3n) is 5.26. The Morgan fingerprint density at radius 1 is 1.37 bits per heavy atom. The van der Waals surface area contributed by atoms with Crippen molar-refractivity contribution >= 4 is 17.5 Å². The number of hydrogen-bond donors (Lipinski definition) is 3. The van der Waals surface area contributed by atoms with Crippen molar-refractivity contribution in [1.82, 2.24) is 25.1 Å². The molecule has 1 aromatic heterocycles. The molecule has 0 unspecified atom stereocenters. The summed E-state index contributed by atoms with van der Waals surface area (Å²) in [5, 5.41) is 16.7. The number of aromatic nitrogens is 2. The van der Waals surface area contributed by atoms with Gasteiger partial charge in [0.25, 0.3) is 11.5 Å². The Kier molecular flexibility index (Phi) is 7.47. The van der Waals surface area contributed by atoms with Gasteiger partial charge in [0.15, 0.2) is 5.69 Å². The highest BCUT2D eigenvalue weighted by molar-refractivity contribution is 6.31. The standard InChI is InChI=1S/C21H28ClN5O3/c1-14-3-4-15(11-17(14)22)12-24-20(29)18-19(28)21(30)27(13-25-18)10-9-26(8-7-23-2)16-5-6-16/h3-4,11,13,16,23,28H,5-10,12H2,1-2H3,(H,24,29). The van der Waals surface area contributed by atoms with Gasteiger partial charge in [0, 0.05) is 43.8 Å². The van der Waals surface area contributed by atoms with Crippen LogP contribution < -0.4 is 16.2 Å². The number of amides is 1. The third-order valence-corrected chi connectivity index (χ3v) is 5.67. The number of hydrogen-bond acceptors (Lipinski definition) is 6. The molecule has 8 nitrogen and oxygen atoms in total. The molecule has 1 fully saturated rings. The summed E-state index contributed by atoms with van der Waals surface area (Å²) in [5.41, 5.74) is 0.871. The number of rotatable bonds is 10. The van der Waals surface area contributed by atoms with Crippen molar-refractivity contribution in [2.45, 2.75) is 38.9 Å². The molecule has 30 heavy (non-hydrogen) atoms. The Morgan fingerprint density at radius 2 is 2.13 bits per heavy atom. The lowest BCUT2D eigenvalue weighted by molar-refractivity contribution is 0.0942. The van der Waals surface area contributed by atoms with Gasteiger partial charge in [-0.15, -0.1) is 0 Å². The van der Waals surface area contributed by atoms with E-state index in [1.54, 1.807) is 6.07 Å². The van der Waals surface area contributed by atoms with Crippen molar-refractivity contribution in [2.75, 3.05) is 26.7 Å². The van der Waals surface area contributed by atoms with Crippen molar-refractivity contribution < 1.29 is 9.90 Å². The molecular formula is C21H28ClN5O3. The van der Waals surface area contributed by atoms with E-state index in [2.05, 4.69) is 20.5 Å². The van der Waals surface area contributed by atoms with Gasteiger partial charge in [0.05, 0.1) is 6.33 Å². The first-order valence-corrected chi connectivity index (χ1v) is 10.5. The average molecular weight is 434 g/mol. The molecule has 0 radical (unpaired) electrons. The van der Waals surface area contributed by atoms with E-state index in [1.807, 2.05) is 26.1 Å². The first-order valence-electron chi connectivity index (χ1n) is 10.1. The second-order valence-electron chi connectivity index (χ2n) is 7.58. The van der Waals surface area contributed by atoms with Crippen LogP contribution in [0.3, 0.4) is 0 Å². The van der Waals surface area contributed by atoms with Crippen LogP contribution in [0.25, 0.3) is 0 Å². The van der Waals surface area contributed by atoms with Crippen molar-refractivity contribution in [1.29, 1.82) is 0 Å². The fourth-order valence-electron chi connectivity index (χ4n) is 3.22. The molecule has 2 aromatic rings. The lowest BCUT2D eigenvalue weighted by atomic mass is 10.1. The quantitative estimate of drug-likeness (QED) is 0.525. The van der Waals surface area contributed by atoms with Gasteiger partial charge in [0.1, 0.15) is 0 Å². The highest BCUT2D eigenvalue weighted by Crippen LogP contribution is 2.26. The molecule has 162 valence electrons. The smallest absolute Gasteiger partial charge is 0.296 e. The van der Waals surface area contributed by atoms with Gasteiger partial charge in [0.2, 0.25) is 5.75 Å². The Hall–Kier alpha value is -2.42. The summed E-state index contributed by atoms with van der Waals surface area (Å²) in [6.07, 6.45) is 3.67. The predicted molar refractivity (Wildman–Crippen MR) is 116 cm³/mol. The second kappa shape index (κ2) is 10.1. The minimum Gasteiger partial charge on any atom is -0.501 e. The normalized spacial score (nSPS) is 13.6. The van der Waals surface area contributed by atoms with E-state index < -0.39 is 17.2 Å². The predicted octanol–water partition coefficient (Wildman–Crippen LogP) is 1.52. The molecule has 1 heterocycles. The minimum absolute atomic E-state index is 0.213. The number of likely N-dealkylation sites (N-methyl/N-ethyl adjacent to an activating group) is 1. The fourth-order valence-corrected chi connectivity index (χ4v) is 3.43. The van der Waals surface area contributed by atoms with Crippen LogP contribution in [0.1, 0.15) is 34.5 Å². The van der Waals surface area contributed by atoms with Crippen LogP contribution in [0.15, 0.2) is 29.3 Å². The summed E-state index contributed by atoms with van der Waals surface area (Å²) >= 11 is 6.10. The van der Waals surface area contributed by atoms with Crippen molar-refractivity contribution in [2.24, 2.45) is 0 Å². The number of aromatic hydroxyl groups is 1. The maximum Gasteiger partial charge on any atom is 0.296 e. The number of carbonyl (C=O) groups is 1. The minimum atomic E-state index is -0.634. The van der Waals surface area contributed by atoms with Crippen molar-refractivity contribution in [3.8, 4) is 5.75 Å². The monoisotopic (exact) mass is 433 g/mol. The van der Waals surface area contributed by atoms with Crippen LogP contribution in [0.4, 0.5) is 0 Å². The van der Waals surface area contributed by atoms with Gasteiger partial charge in [-0.1, -0.05) is 23.7 Å². The van der Waals surface area contributed by atoms with E-state index in [1.165, 1.54) is 23.7 Å². The number of halogens is 1. The fraction of sp³-hybridized carbons (Fsp3) is 0.476. The first-order chi connectivity index (χ1) is 14.4. The van der Waals surface area contributed by atoms with Crippen LogP contribution in [0, 0.1) is 6.92 Å². The van der Waals surface area contributed by atoms with Crippen molar-refractivity contribution in [3.05, 3.63) is 56.7 Å². The van der Waals surface area contributed by atoms with E-state index in [9.17, 15) is 14.7 Å². The van der Waals surface area contributed by atoms with Crippen LogP contribution in [0.5, 0.6) is 5.75 Å². The zero-order valence-corrected chi connectivity index (χ0v) is 18.1. The maximum absolute atomic E-state index is 12.5. The van der Waals surface area contributed by atoms with Gasteiger partial charge in [-0.05, 0) is 44.0 Å². The summed E-state index contributed by atoms with van der Waals surface area (Å²) < 4.78 is 1.35. The summed E-state index contributed by atoms with van der Waals surface area (Å²) in [6, 6.07) is 6.05. The van der Waals surface area contributed by atoms with Gasteiger partial charge < -0.3 is 15.7 Å². The average Bonchev–Trinajstić information content (AvgIpc) is 3.57. The van der Waals surface area contributed by atoms with Gasteiger partial charge in [-0.2, -0.15) is 0 Å². The zero-order valence-electron chi connectivity index (χ0n) is 17.3. The van der Waals surface area contributed by atoms with Gasteiger partial charge in [-0.3, -0.25) is 19.1 Å². The SMILES string of the molecule is CNCCN(CCn1cnc(C(=O)NCc2ccc(C)c(Cl)c2)c(O)c1=O)C1CC1. The van der Waals surface area contributed by atoms with Crippen LogP contribution in [-0.4, -0.2) is 58.2 Å². The van der Waals surface area contributed by atoms with Crippen LogP contribution in [0.2, 0.25) is 5.02 Å². The lowest BCUT2D eigenvalue weighted by Crippen LogP contribution is -2.37. The maximum atomic E-state index is 12.5. The van der Waals surface area contributed by atoms with E-state index >= 15 is 0 Å². The summed E-state index contributed by atoms with van der Waals surface area (Å²) in [4.78, 5) is 31.3. The van der Waals surface area contributed by atoms with Crippen LogP contribution in [-0.2, 0) is 13.1 Å². The number of carbonyl (C=O) groups excluding carboxylic acids is 1. The van der Waals surface area contributed by atoms with E-state index in [0.29, 0.717) is 24.2 Å². The van der Waals surface area contributed by atoms with Crippen LogP contribution >= 0.6 is 11.6 Å². The molecule has 0 atom stereocenters. The molecule has 1 saturated carbocycles. The highest BCUT2D eigenvalue weighted by atomic mass is 35.5. The Morgan fingerprint density at radius 3 is 2.80 bits per heavy atom. The first kappa shape index (κ1) is 22.3.